The first-order valence-corrected chi connectivity index (χ1v) is 8.81. The van der Waals surface area contributed by atoms with Crippen molar-refractivity contribution in [3.8, 4) is 6.07 Å². The van der Waals surface area contributed by atoms with Gasteiger partial charge in [-0.25, -0.2) is 0 Å². The van der Waals surface area contributed by atoms with Gasteiger partial charge in [-0.3, -0.25) is 4.79 Å². The molecule has 1 heterocycles. The molecular formula is C17H21N5OS. The molecule has 2 rings (SSSR count). The average molecular weight is 343 g/mol. The predicted octanol–water partition coefficient (Wildman–Crippen LogP) is 2.52. The van der Waals surface area contributed by atoms with Gasteiger partial charge < -0.3 is 10.3 Å². The molecule has 0 unspecified atom stereocenters. The number of primary amides is 1. The maximum Gasteiger partial charge on any atom is 0.217 e. The van der Waals surface area contributed by atoms with E-state index in [0.29, 0.717) is 23.7 Å². The number of hydrogen-bond acceptors (Lipinski definition) is 5. The van der Waals surface area contributed by atoms with Crippen molar-refractivity contribution < 1.29 is 4.79 Å². The highest BCUT2D eigenvalue weighted by atomic mass is 32.2. The largest absolute Gasteiger partial charge is 0.370 e. The first-order valence-electron chi connectivity index (χ1n) is 7.82. The van der Waals surface area contributed by atoms with Crippen molar-refractivity contribution in [3.63, 3.8) is 0 Å². The molecule has 0 fully saturated rings. The summed E-state index contributed by atoms with van der Waals surface area (Å²) in [6, 6.07) is 9.75. The maximum absolute atomic E-state index is 11.0. The quantitative estimate of drug-likeness (QED) is 0.743. The van der Waals surface area contributed by atoms with Crippen LogP contribution in [0.25, 0.3) is 0 Å². The van der Waals surface area contributed by atoms with E-state index in [1.807, 2.05) is 28.8 Å². The average Bonchev–Trinajstić information content (AvgIpc) is 2.92. The summed E-state index contributed by atoms with van der Waals surface area (Å²) in [5, 5.41) is 18.5. The number of aromatic nitrogens is 3. The highest BCUT2D eigenvalue weighted by Gasteiger charge is 2.15. The molecule has 0 bridgehead atoms. The molecule has 2 N–H and O–H groups in total. The number of benzene rings is 1. The molecule has 2 aromatic rings. The molecule has 0 spiro atoms. The lowest BCUT2D eigenvalue weighted by Gasteiger charge is -2.12. The van der Waals surface area contributed by atoms with Gasteiger partial charge in [0.15, 0.2) is 5.16 Å². The van der Waals surface area contributed by atoms with E-state index in [9.17, 15) is 10.1 Å². The zero-order valence-corrected chi connectivity index (χ0v) is 14.7. The van der Waals surface area contributed by atoms with Crippen molar-refractivity contribution in [2.24, 2.45) is 11.7 Å². The molecule has 0 saturated carbocycles. The Balaban J connectivity index is 2.16. The van der Waals surface area contributed by atoms with Crippen LogP contribution in [-0.4, -0.2) is 20.7 Å². The first kappa shape index (κ1) is 18.0. The third-order valence-corrected chi connectivity index (χ3v) is 4.45. The zero-order valence-electron chi connectivity index (χ0n) is 13.9. The molecule has 0 aliphatic rings. The van der Waals surface area contributed by atoms with Crippen molar-refractivity contribution in [2.45, 2.75) is 44.1 Å². The summed E-state index contributed by atoms with van der Waals surface area (Å²) in [6.07, 6.45) is 0.753. The molecule has 7 heteroatoms. The van der Waals surface area contributed by atoms with Crippen molar-refractivity contribution in [3.05, 3.63) is 41.2 Å². The van der Waals surface area contributed by atoms with Gasteiger partial charge in [0.1, 0.15) is 5.82 Å². The topological polar surface area (TPSA) is 97.6 Å². The molecule has 1 aromatic carbocycles. The third-order valence-electron chi connectivity index (χ3n) is 3.43. The monoisotopic (exact) mass is 343 g/mol. The summed E-state index contributed by atoms with van der Waals surface area (Å²) in [5.74, 6) is 1.51. The van der Waals surface area contributed by atoms with Crippen LogP contribution >= 0.6 is 11.8 Å². The fraction of sp³-hybridized carbons (Fsp3) is 0.412. The Hall–Kier alpha value is -2.33. The van der Waals surface area contributed by atoms with E-state index >= 15 is 0 Å². The third kappa shape index (κ3) is 4.83. The van der Waals surface area contributed by atoms with Gasteiger partial charge in [-0.1, -0.05) is 43.8 Å². The lowest BCUT2D eigenvalue weighted by molar-refractivity contribution is -0.118. The lowest BCUT2D eigenvalue weighted by atomic mass is 10.1. The molecule has 0 aliphatic carbocycles. The van der Waals surface area contributed by atoms with Crippen LogP contribution in [0, 0.1) is 17.2 Å². The molecule has 0 radical (unpaired) electrons. The number of hydrogen-bond donors (Lipinski definition) is 1. The summed E-state index contributed by atoms with van der Waals surface area (Å²) < 4.78 is 2.05. The fourth-order valence-electron chi connectivity index (χ4n) is 2.29. The van der Waals surface area contributed by atoms with Gasteiger partial charge in [-0.05, 0) is 17.5 Å². The maximum atomic E-state index is 11.0. The number of thioether (sulfide) groups is 1. The van der Waals surface area contributed by atoms with Crippen molar-refractivity contribution in [1.82, 2.24) is 14.8 Å². The first-order chi connectivity index (χ1) is 11.5. The highest BCUT2D eigenvalue weighted by molar-refractivity contribution is 7.98. The van der Waals surface area contributed by atoms with Crippen molar-refractivity contribution >= 4 is 17.7 Å². The SMILES string of the molecule is CC(C)Cn1c(CCC(N)=O)nnc1SCc1ccccc1C#N. The van der Waals surface area contributed by atoms with Crippen LogP contribution in [0.4, 0.5) is 0 Å². The number of carbonyl (C=O) groups excluding carboxylic acids is 1. The summed E-state index contributed by atoms with van der Waals surface area (Å²) in [5.41, 5.74) is 6.88. The fourth-order valence-corrected chi connectivity index (χ4v) is 3.26. The predicted molar refractivity (Wildman–Crippen MR) is 93.1 cm³/mol. The minimum atomic E-state index is -0.341. The van der Waals surface area contributed by atoms with Crippen LogP contribution < -0.4 is 5.73 Å². The molecule has 0 aliphatic heterocycles. The van der Waals surface area contributed by atoms with Crippen LogP contribution in [0.3, 0.4) is 0 Å². The van der Waals surface area contributed by atoms with E-state index in [1.165, 1.54) is 0 Å². The van der Waals surface area contributed by atoms with Gasteiger partial charge in [-0.2, -0.15) is 5.26 Å². The van der Waals surface area contributed by atoms with E-state index in [2.05, 4.69) is 30.1 Å². The Labute approximate surface area is 146 Å². The van der Waals surface area contributed by atoms with Gasteiger partial charge in [0, 0.05) is 25.1 Å². The van der Waals surface area contributed by atoms with Crippen LogP contribution in [0.2, 0.25) is 0 Å². The number of nitriles is 1. The highest BCUT2D eigenvalue weighted by Crippen LogP contribution is 2.24. The Kier molecular flexibility index (Phi) is 6.38. The van der Waals surface area contributed by atoms with Crippen LogP contribution in [0.15, 0.2) is 29.4 Å². The van der Waals surface area contributed by atoms with Crippen LogP contribution in [-0.2, 0) is 23.5 Å². The van der Waals surface area contributed by atoms with E-state index < -0.39 is 0 Å². The van der Waals surface area contributed by atoms with Gasteiger partial charge in [0.25, 0.3) is 0 Å². The second-order valence-corrected chi connectivity index (χ2v) is 6.87. The van der Waals surface area contributed by atoms with Gasteiger partial charge in [0.2, 0.25) is 5.91 Å². The number of carbonyl (C=O) groups is 1. The minimum absolute atomic E-state index is 0.262. The Bertz CT molecular complexity index is 748. The molecule has 24 heavy (non-hydrogen) atoms. The smallest absolute Gasteiger partial charge is 0.217 e. The number of amides is 1. The Morgan fingerprint density at radius 3 is 2.79 bits per heavy atom. The van der Waals surface area contributed by atoms with E-state index in [-0.39, 0.29) is 12.3 Å². The second kappa shape index (κ2) is 8.50. The van der Waals surface area contributed by atoms with E-state index in [1.54, 1.807) is 11.8 Å². The molecule has 6 nitrogen and oxygen atoms in total. The van der Waals surface area contributed by atoms with Gasteiger partial charge in [-0.15, -0.1) is 10.2 Å². The van der Waals surface area contributed by atoms with Crippen LogP contribution in [0.5, 0.6) is 0 Å². The van der Waals surface area contributed by atoms with Crippen molar-refractivity contribution in [1.29, 1.82) is 5.26 Å². The summed E-state index contributed by atoms with van der Waals surface area (Å²) >= 11 is 1.55. The normalized spacial score (nSPS) is 10.8. The number of nitrogens with zero attached hydrogens (tertiary/aromatic N) is 4. The summed E-state index contributed by atoms with van der Waals surface area (Å²) in [4.78, 5) is 11.0. The Morgan fingerprint density at radius 1 is 1.38 bits per heavy atom. The van der Waals surface area contributed by atoms with E-state index in [4.69, 9.17) is 5.73 Å². The van der Waals surface area contributed by atoms with Crippen molar-refractivity contribution in [2.75, 3.05) is 0 Å². The molecule has 0 saturated heterocycles. The minimum Gasteiger partial charge on any atom is -0.370 e. The van der Waals surface area contributed by atoms with Gasteiger partial charge in [0.05, 0.1) is 11.6 Å². The number of rotatable bonds is 8. The molecule has 1 amide bonds. The standard InChI is InChI=1S/C17H21N5OS/c1-12(2)10-22-16(8-7-15(19)23)20-21-17(22)24-11-14-6-4-3-5-13(14)9-18/h3-6,12H,7-8,10-11H2,1-2H3,(H2,19,23). The summed E-state index contributed by atoms with van der Waals surface area (Å²) in [7, 11) is 0. The van der Waals surface area contributed by atoms with Crippen LogP contribution in [0.1, 0.15) is 37.2 Å². The Morgan fingerprint density at radius 2 is 2.12 bits per heavy atom. The molecular weight excluding hydrogens is 322 g/mol. The lowest BCUT2D eigenvalue weighted by Crippen LogP contribution is -2.15. The second-order valence-electron chi connectivity index (χ2n) is 5.93. The zero-order chi connectivity index (χ0) is 17.5. The number of nitrogens with two attached hydrogens (primary N) is 1. The molecule has 126 valence electrons. The molecule has 0 atom stereocenters. The molecule has 1 aromatic heterocycles. The van der Waals surface area contributed by atoms with E-state index in [0.717, 1.165) is 23.1 Å². The number of aryl methyl sites for hydroxylation is 1. The van der Waals surface area contributed by atoms with Gasteiger partial charge >= 0.3 is 0 Å². The summed E-state index contributed by atoms with van der Waals surface area (Å²) in [6.45, 7) is 5.03.